The van der Waals surface area contributed by atoms with Gasteiger partial charge in [0.1, 0.15) is 0 Å². The minimum absolute atomic E-state index is 0.0550. The van der Waals surface area contributed by atoms with Gasteiger partial charge in [0.15, 0.2) is 0 Å². The van der Waals surface area contributed by atoms with Crippen molar-refractivity contribution < 1.29 is 4.79 Å². The van der Waals surface area contributed by atoms with Crippen LogP contribution < -0.4 is 5.32 Å². The number of hydrogen-bond donors (Lipinski definition) is 2. The van der Waals surface area contributed by atoms with Gasteiger partial charge >= 0.3 is 0 Å². The lowest BCUT2D eigenvalue weighted by Crippen LogP contribution is -2.09. The van der Waals surface area contributed by atoms with Gasteiger partial charge in [-0.05, 0) is 43.2 Å². The first-order valence-electron chi connectivity index (χ1n) is 6.51. The van der Waals surface area contributed by atoms with Crippen LogP contribution in [0.4, 0.5) is 5.69 Å². The number of benzene rings is 1. The standard InChI is InChI=1S/C15H15N3OS/c1-3-10-7-14(20-9(10)2)15(19)17-12-4-5-13-11(6-12)8-16-18-13/h4-8H,3H2,1-2H3,(H,16,18)(H,17,19). The van der Waals surface area contributed by atoms with E-state index in [4.69, 9.17) is 0 Å². The molecule has 0 saturated carbocycles. The first kappa shape index (κ1) is 12.9. The Balaban J connectivity index is 1.83. The van der Waals surface area contributed by atoms with Crippen molar-refractivity contribution in [3.63, 3.8) is 0 Å². The lowest BCUT2D eigenvalue weighted by Gasteiger charge is -2.03. The average molecular weight is 285 g/mol. The molecule has 3 rings (SSSR count). The van der Waals surface area contributed by atoms with Crippen molar-refractivity contribution in [1.82, 2.24) is 10.2 Å². The molecule has 0 aliphatic rings. The van der Waals surface area contributed by atoms with E-state index < -0.39 is 0 Å². The normalized spacial score (nSPS) is 10.9. The fourth-order valence-electron chi connectivity index (χ4n) is 2.20. The number of aryl methyl sites for hydroxylation is 2. The Hall–Kier alpha value is -2.14. The van der Waals surface area contributed by atoms with Crippen LogP contribution in [0.25, 0.3) is 10.9 Å². The van der Waals surface area contributed by atoms with Crippen molar-refractivity contribution in [3.05, 3.63) is 45.8 Å². The summed E-state index contributed by atoms with van der Waals surface area (Å²) in [6.07, 6.45) is 2.70. The Morgan fingerprint density at radius 3 is 3.00 bits per heavy atom. The van der Waals surface area contributed by atoms with Crippen LogP contribution in [0, 0.1) is 6.92 Å². The van der Waals surface area contributed by atoms with Crippen LogP contribution in [-0.4, -0.2) is 16.1 Å². The lowest BCUT2D eigenvalue weighted by atomic mass is 10.2. The van der Waals surface area contributed by atoms with Gasteiger partial charge in [-0.1, -0.05) is 6.92 Å². The summed E-state index contributed by atoms with van der Waals surface area (Å²) < 4.78 is 0. The van der Waals surface area contributed by atoms with Gasteiger partial charge in [-0.25, -0.2) is 0 Å². The molecule has 0 fully saturated rings. The molecule has 4 nitrogen and oxygen atoms in total. The molecule has 1 aromatic carbocycles. The van der Waals surface area contributed by atoms with Crippen molar-refractivity contribution in [1.29, 1.82) is 0 Å². The van der Waals surface area contributed by atoms with E-state index in [1.165, 1.54) is 10.4 Å². The number of fused-ring (bicyclic) bond motifs is 1. The monoisotopic (exact) mass is 285 g/mol. The number of amides is 1. The van der Waals surface area contributed by atoms with E-state index in [0.29, 0.717) is 0 Å². The van der Waals surface area contributed by atoms with E-state index in [1.54, 1.807) is 17.5 Å². The van der Waals surface area contributed by atoms with Crippen LogP contribution in [0.1, 0.15) is 27.0 Å². The molecule has 2 N–H and O–H groups in total. The summed E-state index contributed by atoms with van der Waals surface area (Å²) in [5, 5.41) is 10.8. The quantitative estimate of drug-likeness (QED) is 0.770. The zero-order chi connectivity index (χ0) is 14.1. The fourth-order valence-corrected chi connectivity index (χ4v) is 3.21. The Kier molecular flexibility index (Phi) is 3.28. The van der Waals surface area contributed by atoms with Gasteiger partial charge in [0.05, 0.1) is 16.6 Å². The first-order chi connectivity index (χ1) is 9.67. The number of H-pyrrole nitrogens is 1. The fraction of sp³-hybridized carbons (Fsp3) is 0.200. The highest BCUT2D eigenvalue weighted by Gasteiger charge is 2.12. The third-order valence-corrected chi connectivity index (χ3v) is 4.41. The van der Waals surface area contributed by atoms with Gasteiger partial charge in [-0.2, -0.15) is 5.10 Å². The number of anilines is 1. The molecule has 2 aromatic heterocycles. The number of aromatic nitrogens is 2. The first-order valence-corrected chi connectivity index (χ1v) is 7.33. The van der Waals surface area contributed by atoms with Gasteiger partial charge in [0.2, 0.25) is 0 Å². The molecule has 0 spiro atoms. The smallest absolute Gasteiger partial charge is 0.265 e. The zero-order valence-electron chi connectivity index (χ0n) is 11.4. The Bertz CT molecular complexity index is 772. The van der Waals surface area contributed by atoms with Gasteiger partial charge in [-0.3, -0.25) is 9.89 Å². The second kappa shape index (κ2) is 5.09. The number of carbonyl (C=O) groups is 1. The third-order valence-electron chi connectivity index (χ3n) is 3.32. The number of aromatic amines is 1. The summed E-state index contributed by atoms with van der Waals surface area (Å²) in [5.74, 6) is -0.0550. The van der Waals surface area contributed by atoms with E-state index in [1.807, 2.05) is 24.3 Å². The van der Waals surface area contributed by atoms with E-state index in [9.17, 15) is 4.79 Å². The maximum atomic E-state index is 12.2. The summed E-state index contributed by atoms with van der Waals surface area (Å²) in [7, 11) is 0. The molecule has 1 amide bonds. The Labute approximate surface area is 120 Å². The molecule has 2 heterocycles. The van der Waals surface area contributed by atoms with Crippen LogP contribution in [0.5, 0.6) is 0 Å². The minimum Gasteiger partial charge on any atom is -0.321 e. The molecule has 0 saturated heterocycles. The van der Waals surface area contributed by atoms with E-state index >= 15 is 0 Å². The van der Waals surface area contributed by atoms with E-state index in [2.05, 4.69) is 29.4 Å². The highest BCUT2D eigenvalue weighted by atomic mass is 32.1. The second-order valence-electron chi connectivity index (χ2n) is 4.67. The minimum atomic E-state index is -0.0550. The molecular weight excluding hydrogens is 270 g/mol. The SMILES string of the molecule is CCc1cc(C(=O)Nc2ccc3[nH]ncc3c2)sc1C. The number of nitrogens with one attached hydrogen (secondary N) is 2. The van der Waals surface area contributed by atoms with Crippen molar-refractivity contribution in [2.45, 2.75) is 20.3 Å². The van der Waals surface area contributed by atoms with Crippen molar-refractivity contribution >= 4 is 33.8 Å². The highest BCUT2D eigenvalue weighted by molar-refractivity contribution is 7.14. The van der Waals surface area contributed by atoms with Crippen molar-refractivity contribution in [2.75, 3.05) is 5.32 Å². The largest absolute Gasteiger partial charge is 0.321 e. The number of hydrogen-bond acceptors (Lipinski definition) is 3. The van der Waals surface area contributed by atoms with Gasteiger partial charge in [0, 0.05) is 16.0 Å². The summed E-state index contributed by atoms with van der Waals surface area (Å²) in [6, 6.07) is 7.68. The van der Waals surface area contributed by atoms with Crippen LogP contribution >= 0.6 is 11.3 Å². The predicted octanol–water partition coefficient (Wildman–Crippen LogP) is 3.75. The lowest BCUT2D eigenvalue weighted by molar-refractivity contribution is 0.103. The summed E-state index contributed by atoms with van der Waals surface area (Å²) >= 11 is 1.54. The Morgan fingerprint density at radius 1 is 1.40 bits per heavy atom. The molecule has 0 unspecified atom stereocenters. The number of thiophene rings is 1. The van der Waals surface area contributed by atoms with Crippen LogP contribution in [-0.2, 0) is 6.42 Å². The highest BCUT2D eigenvalue weighted by Crippen LogP contribution is 2.24. The Morgan fingerprint density at radius 2 is 2.25 bits per heavy atom. The van der Waals surface area contributed by atoms with Gasteiger partial charge in [0.25, 0.3) is 5.91 Å². The summed E-state index contributed by atoms with van der Waals surface area (Å²) in [4.78, 5) is 14.2. The van der Waals surface area contributed by atoms with E-state index in [-0.39, 0.29) is 5.91 Å². The topological polar surface area (TPSA) is 57.8 Å². The molecule has 0 radical (unpaired) electrons. The van der Waals surface area contributed by atoms with Crippen LogP contribution in [0.3, 0.4) is 0 Å². The molecule has 0 aliphatic carbocycles. The van der Waals surface area contributed by atoms with E-state index in [0.717, 1.165) is 27.9 Å². The molecular formula is C15H15N3OS. The van der Waals surface area contributed by atoms with Gasteiger partial charge in [-0.15, -0.1) is 11.3 Å². The summed E-state index contributed by atoms with van der Waals surface area (Å²) in [6.45, 7) is 4.15. The van der Waals surface area contributed by atoms with Crippen molar-refractivity contribution in [3.8, 4) is 0 Å². The maximum absolute atomic E-state index is 12.2. The number of carbonyl (C=O) groups excluding carboxylic acids is 1. The number of rotatable bonds is 3. The molecule has 0 atom stereocenters. The zero-order valence-corrected chi connectivity index (χ0v) is 12.2. The van der Waals surface area contributed by atoms with Crippen LogP contribution in [0.2, 0.25) is 0 Å². The second-order valence-corrected chi connectivity index (χ2v) is 5.93. The summed E-state index contributed by atoms with van der Waals surface area (Å²) in [5.41, 5.74) is 2.99. The average Bonchev–Trinajstić information content (AvgIpc) is 3.04. The predicted molar refractivity (Wildman–Crippen MR) is 82.5 cm³/mol. The molecule has 3 aromatic rings. The third kappa shape index (κ3) is 2.32. The maximum Gasteiger partial charge on any atom is 0.265 e. The van der Waals surface area contributed by atoms with Gasteiger partial charge < -0.3 is 5.32 Å². The molecule has 0 bridgehead atoms. The molecule has 0 aliphatic heterocycles. The molecule has 20 heavy (non-hydrogen) atoms. The number of nitrogens with zero attached hydrogens (tertiary/aromatic N) is 1. The molecule has 102 valence electrons. The molecule has 5 heteroatoms. The van der Waals surface area contributed by atoms with Crippen molar-refractivity contribution in [2.24, 2.45) is 0 Å². The van der Waals surface area contributed by atoms with Crippen LogP contribution in [0.15, 0.2) is 30.5 Å².